The highest BCUT2D eigenvalue weighted by Gasteiger charge is 2.22. The van der Waals surface area contributed by atoms with Crippen molar-refractivity contribution in [2.45, 2.75) is 13.0 Å². The maximum Gasteiger partial charge on any atom is 0.124 e. The molecule has 0 saturated carbocycles. The van der Waals surface area contributed by atoms with Crippen LogP contribution < -0.4 is 10.6 Å². The van der Waals surface area contributed by atoms with Crippen LogP contribution in [-0.4, -0.2) is 31.6 Å². The summed E-state index contributed by atoms with van der Waals surface area (Å²) in [6.45, 7) is 4.39. The summed E-state index contributed by atoms with van der Waals surface area (Å²) in [5.41, 5.74) is 7.42. The Morgan fingerprint density at radius 3 is 3.00 bits per heavy atom. The average molecular weight is 298 g/mol. The van der Waals surface area contributed by atoms with Gasteiger partial charge in [-0.2, -0.15) is 0 Å². The predicted molar refractivity (Wildman–Crippen MR) is 72.8 cm³/mol. The standard InChI is InChI=1S/C12H16BrN3O/c1-8-7-17-5-4-16(8)11-3-2-9(13)6-10(11)12(14)15/h2-3,6,8H,4-5,7H2,1H3,(H3,14,15). The number of nitrogen functional groups attached to an aromatic ring is 1. The predicted octanol–water partition coefficient (Wildman–Crippen LogP) is 1.96. The van der Waals surface area contributed by atoms with E-state index in [1.54, 1.807) is 0 Å². The minimum atomic E-state index is 0.0972. The van der Waals surface area contributed by atoms with Crippen LogP contribution in [0.2, 0.25) is 0 Å². The smallest absolute Gasteiger partial charge is 0.124 e. The number of nitrogens with one attached hydrogen (secondary N) is 1. The minimum Gasteiger partial charge on any atom is -0.384 e. The normalized spacial score (nSPS) is 20.4. The number of hydrogen-bond acceptors (Lipinski definition) is 3. The van der Waals surface area contributed by atoms with Gasteiger partial charge < -0.3 is 15.4 Å². The second-order valence-electron chi connectivity index (χ2n) is 4.19. The van der Waals surface area contributed by atoms with Crippen LogP contribution in [0.4, 0.5) is 5.69 Å². The van der Waals surface area contributed by atoms with Gasteiger partial charge in [0.15, 0.2) is 0 Å². The molecule has 1 fully saturated rings. The van der Waals surface area contributed by atoms with Crippen LogP contribution in [0.25, 0.3) is 0 Å². The molecule has 0 spiro atoms. The van der Waals surface area contributed by atoms with Crippen LogP contribution in [0.3, 0.4) is 0 Å². The number of ether oxygens (including phenoxy) is 1. The number of hydrogen-bond donors (Lipinski definition) is 2. The van der Waals surface area contributed by atoms with Crippen LogP contribution in [0.15, 0.2) is 22.7 Å². The molecule has 1 atom stereocenters. The maximum absolute atomic E-state index is 7.66. The van der Waals surface area contributed by atoms with Gasteiger partial charge in [0.1, 0.15) is 5.84 Å². The molecule has 1 aromatic rings. The van der Waals surface area contributed by atoms with Crippen molar-refractivity contribution in [1.82, 2.24) is 0 Å². The maximum atomic E-state index is 7.66. The van der Waals surface area contributed by atoms with Gasteiger partial charge in [-0.1, -0.05) is 15.9 Å². The van der Waals surface area contributed by atoms with Crippen molar-refractivity contribution in [3.05, 3.63) is 28.2 Å². The highest BCUT2D eigenvalue weighted by atomic mass is 79.9. The van der Waals surface area contributed by atoms with E-state index in [0.717, 1.165) is 28.9 Å². The van der Waals surface area contributed by atoms with Crippen LogP contribution in [0, 0.1) is 5.41 Å². The number of nitrogens with two attached hydrogens (primary N) is 1. The summed E-state index contributed by atoms with van der Waals surface area (Å²) in [4.78, 5) is 2.24. The van der Waals surface area contributed by atoms with E-state index >= 15 is 0 Å². The quantitative estimate of drug-likeness (QED) is 0.648. The summed E-state index contributed by atoms with van der Waals surface area (Å²) < 4.78 is 6.36. The Morgan fingerprint density at radius 2 is 2.35 bits per heavy atom. The summed E-state index contributed by atoms with van der Waals surface area (Å²) in [5, 5.41) is 7.66. The summed E-state index contributed by atoms with van der Waals surface area (Å²) in [6, 6.07) is 6.18. The molecular weight excluding hydrogens is 282 g/mol. The molecule has 1 heterocycles. The fourth-order valence-corrected chi connectivity index (χ4v) is 2.42. The lowest BCUT2D eigenvalue weighted by atomic mass is 10.1. The average Bonchev–Trinajstić information content (AvgIpc) is 2.30. The molecule has 2 rings (SSSR count). The zero-order valence-corrected chi connectivity index (χ0v) is 11.3. The lowest BCUT2D eigenvalue weighted by Gasteiger charge is -2.36. The fourth-order valence-electron chi connectivity index (χ4n) is 2.06. The van der Waals surface area contributed by atoms with E-state index in [1.165, 1.54) is 0 Å². The van der Waals surface area contributed by atoms with Crippen molar-refractivity contribution in [3.63, 3.8) is 0 Å². The molecule has 1 aromatic carbocycles. The molecule has 4 nitrogen and oxygen atoms in total. The Morgan fingerprint density at radius 1 is 1.59 bits per heavy atom. The number of halogens is 1. The van der Waals surface area contributed by atoms with Crippen molar-refractivity contribution in [3.8, 4) is 0 Å². The van der Waals surface area contributed by atoms with Crippen molar-refractivity contribution in [1.29, 1.82) is 5.41 Å². The number of amidine groups is 1. The highest BCUT2D eigenvalue weighted by Crippen LogP contribution is 2.27. The molecule has 0 aliphatic carbocycles. The third-order valence-electron chi connectivity index (χ3n) is 2.93. The minimum absolute atomic E-state index is 0.0972. The topological polar surface area (TPSA) is 62.3 Å². The number of nitrogens with zero attached hydrogens (tertiary/aromatic N) is 1. The van der Waals surface area contributed by atoms with E-state index in [1.807, 2.05) is 18.2 Å². The van der Waals surface area contributed by atoms with E-state index in [4.69, 9.17) is 15.9 Å². The van der Waals surface area contributed by atoms with Crippen molar-refractivity contribution in [2.75, 3.05) is 24.7 Å². The van der Waals surface area contributed by atoms with E-state index in [9.17, 15) is 0 Å². The largest absolute Gasteiger partial charge is 0.384 e. The lowest BCUT2D eigenvalue weighted by molar-refractivity contribution is 0.0989. The van der Waals surface area contributed by atoms with Crippen LogP contribution in [-0.2, 0) is 4.74 Å². The summed E-state index contributed by atoms with van der Waals surface area (Å²) in [6.07, 6.45) is 0. The van der Waals surface area contributed by atoms with Gasteiger partial charge in [0.2, 0.25) is 0 Å². The molecule has 3 N–H and O–H groups in total. The van der Waals surface area contributed by atoms with Gasteiger partial charge in [-0.3, -0.25) is 5.41 Å². The Kier molecular flexibility index (Phi) is 3.69. The Bertz CT molecular complexity index is 436. The number of rotatable bonds is 2. The SMILES string of the molecule is CC1COCCN1c1ccc(Br)cc1C(=N)N. The second kappa shape index (κ2) is 5.06. The van der Waals surface area contributed by atoms with Gasteiger partial charge in [0.25, 0.3) is 0 Å². The van der Waals surface area contributed by atoms with Crippen molar-refractivity contribution in [2.24, 2.45) is 5.73 Å². The summed E-state index contributed by atoms with van der Waals surface area (Å²) in [7, 11) is 0. The molecule has 0 bridgehead atoms. The molecule has 1 aliphatic rings. The molecule has 92 valence electrons. The molecular formula is C12H16BrN3O. The monoisotopic (exact) mass is 297 g/mol. The first-order valence-corrected chi connectivity index (χ1v) is 6.37. The molecule has 1 saturated heterocycles. The third kappa shape index (κ3) is 2.61. The van der Waals surface area contributed by atoms with Gasteiger partial charge >= 0.3 is 0 Å². The molecule has 1 unspecified atom stereocenters. The van der Waals surface area contributed by atoms with Gasteiger partial charge in [0.05, 0.1) is 13.2 Å². The Labute approximate surface area is 109 Å². The first-order chi connectivity index (χ1) is 8.09. The van der Waals surface area contributed by atoms with Gasteiger partial charge in [-0.25, -0.2) is 0 Å². The third-order valence-corrected chi connectivity index (χ3v) is 3.42. The van der Waals surface area contributed by atoms with E-state index < -0.39 is 0 Å². The zero-order chi connectivity index (χ0) is 12.4. The number of anilines is 1. The zero-order valence-electron chi connectivity index (χ0n) is 9.74. The number of benzene rings is 1. The second-order valence-corrected chi connectivity index (χ2v) is 5.11. The summed E-state index contributed by atoms with van der Waals surface area (Å²) in [5.74, 6) is 0.0972. The Hall–Kier alpha value is -1.07. The van der Waals surface area contributed by atoms with Crippen molar-refractivity contribution < 1.29 is 4.74 Å². The fraction of sp³-hybridized carbons (Fsp3) is 0.417. The molecule has 0 radical (unpaired) electrons. The van der Waals surface area contributed by atoms with Gasteiger partial charge in [0, 0.05) is 28.3 Å². The molecule has 5 heteroatoms. The molecule has 0 aromatic heterocycles. The Balaban J connectivity index is 2.39. The van der Waals surface area contributed by atoms with Crippen LogP contribution in [0.5, 0.6) is 0 Å². The number of morpholine rings is 1. The van der Waals surface area contributed by atoms with Gasteiger partial charge in [-0.05, 0) is 25.1 Å². The van der Waals surface area contributed by atoms with E-state index in [0.29, 0.717) is 12.6 Å². The van der Waals surface area contributed by atoms with Crippen molar-refractivity contribution >= 4 is 27.5 Å². The van der Waals surface area contributed by atoms with Gasteiger partial charge in [-0.15, -0.1) is 0 Å². The lowest BCUT2D eigenvalue weighted by Crippen LogP contribution is -2.44. The van der Waals surface area contributed by atoms with Crippen LogP contribution in [0.1, 0.15) is 12.5 Å². The first kappa shape index (κ1) is 12.4. The summed E-state index contributed by atoms with van der Waals surface area (Å²) >= 11 is 3.41. The molecule has 17 heavy (non-hydrogen) atoms. The van der Waals surface area contributed by atoms with E-state index in [-0.39, 0.29) is 5.84 Å². The first-order valence-electron chi connectivity index (χ1n) is 5.58. The highest BCUT2D eigenvalue weighted by molar-refractivity contribution is 9.10. The van der Waals surface area contributed by atoms with Crippen LogP contribution >= 0.6 is 15.9 Å². The molecule has 1 aliphatic heterocycles. The molecule has 0 amide bonds. The van der Waals surface area contributed by atoms with E-state index in [2.05, 4.69) is 27.8 Å².